The number of carbonyl (C=O) groups is 3. The summed E-state index contributed by atoms with van der Waals surface area (Å²) < 4.78 is 7.36. The first kappa shape index (κ1) is 23.8. The van der Waals surface area contributed by atoms with Gasteiger partial charge in [0.25, 0.3) is 11.8 Å². The van der Waals surface area contributed by atoms with Crippen LogP contribution in [0.5, 0.6) is 0 Å². The molecule has 5 heterocycles. The van der Waals surface area contributed by atoms with E-state index in [4.69, 9.17) is 4.74 Å². The number of nitrogens with one attached hydrogen (secondary N) is 1. The Bertz CT molecular complexity index is 1620. The highest BCUT2D eigenvalue weighted by molar-refractivity contribution is 6.47. The van der Waals surface area contributed by atoms with E-state index in [9.17, 15) is 14.4 Å². The average Bonchev–Trinajstić information content (AvgIpc) is 3.49. The number of fused-ring (bicyclic) bond motifs is 1. The number of aromatic nitrogens is 2. The Morgan fingerprint density at radius 1 is 1.08 bits per heavy atom. The van der Waals surface area contributed by atoms with Crippen LogP contribution in [0.2, 0.25) is 0 Å². The van der Waals surface area contributed by atoms with Crippen LogP contribution in [-0.2, 0) is 25.5 Å². The number of nitrogens with zero attached hydrogens (tertiary/aromatic N) is 4. The Labute approximate surface area is 219 Å². The molecule has 9 nitrogen and oxygen atoms in total. The molecule has 192 valence electrons. The summed E-state index contributed by atoms with van der Waals surface area (Å²) in [7, 11) is 0. The number of imidazole rings is 1. The molecule has 1 N–H and O–H groups in total. The number of aliphatic imine (C=N–C) groups is 1. The minimum atomic E-state index is -0.542. The van der Waals surface area contributed by atoms with E-state index in [1.165, 1.54) is 0 Å². The van der Waals surface area contributed by atoms with E-state index >= 15 is 0 Å². The first-order valence-electron chi connectivity index (χ1n) is 12.7. The lowest BCUT2D eigenvalue weighted by atomic mass is 9.94. The van der Waals surface area contributed by atoms with Crippen molar-refractivity contribution in [1.29, 1.82) is 0 Å². The van der Waals surface area contributed by atoms with Gasteiger partial charge in [-0.2, -0.15) is 0 Å². The molecule has 3 aromatic rings. The molecular formula is C29H27N5O4. The molecule has 0 aliphatic carbocycles. The van der Waals surface area contributed by atoms with E-state index in [0.717, 1.165) is 16.8 Å². The second-order valence-electron chi connectivity index (χ2n) is 10.2. The third-order valence-electron chi connectivity index (χ3n) is 7.06. The summed E-state index contributed by atoms with van der Waals surface area (Å²) in [4.78, 5) is 50.4. The Balaban J connectivity index is 1.52. The normalized spacial score (nSPS) is 18.4. The molecule has 6 rings (SSSR count). The van der Waals surface area contributed by atoms with Gasteiger partial charge in [-0.05, 0) is 37.0 Å². The largest absolute Gasteiger partial charge is 0.461 e. The fourth-order valence-corrected chi connectivity index (χ4v) is 5.30. The van der Waals surface area contributed by atoms with E-state index in [-0.39, 0.29) is 29.1 Å². The van der Waals surface area contributed by atoms with E-state index < -0.39 is 17.9 Å². The lowest BCUT2D eigenvalue weighted by Crippen LogP contribution is -2.37. The number of imide groups is 1. The average molecular weight is 510 g/mol. The Morgan fingerprint density at radius 3 is 2.63 bits per heavy atom. The van der Waals surface area contributed by atoms with Gasteiger partial charge in [-0.1, -0.05) is 38.1 Å². The van der Waals surface area contributed by atoms with E-state index in [1.54, 1.807) is 18.6 Å². The molecule has 2 amide bonds. The second-order valence-corrected chi connectivity index (χ2v) is 10.2. The summed E-state index contributed by atoms with van der Waals surface area (Å²) in [6.07, 6.45) is 7.08. The number of hydrogen-bond acceptors (Lipinski definition) is 7. The Morgan fingerprint density at radius 2 is 1.87 bits per heavy atom. The highest BCUT2D eigenvalue weighted by Gasteiger charge is 2.41. The van der Waals surface area contributed by atoms with Crippen molar-refractivity contribution in [3.63, 3.8) is 0 Å². The SMILES string of the molecule is CC(C)OC(=O)C1Cc2cccc3c2N1C=CN=C3C1=C(c2cnc3ccc(C(C)C)cn23)C(=O)NC1=O. The predicted octanol–water partition coefficient (Wildman–Crippen LogP) is 3.52. The van der Waals surface area contributed by atoms with Crippen LogP contribution in [0.4, 0.5) is 5.69 Å². The molecular weight excluding hydrogens is 482 g/mol. The number of benzene rings is 1. The van der Waals surface area contributed by atoms with Crippen LogP contribution in [0, 0.1) is 0 Å². The molecule has 0 saturated heterocycles. The zero-order valence-corrected chi connectivity index (χ0v) is 21.6. The first-order chi connectivity index (χ1) is 18.2. The monoisotopic (exact) mass is 509 g/mol. The molecule has 0 fully saturated rings. The van der Waals surface area contributed by atoms with Crippen molar-refractivity contribution in [2.45, 2.75) is 52.2 Å². The van der Waals surface area contributed by atoms with Crippen LogP contribution in [0.15, 0.2) is 65.7 Å². The maximum absolute atomic E-state index is 13.3. The molecule has 0 radical (unpaired) electrons. The van der Waals surface area contributed by atoms with E-state index in [0.29, 0.717) is 29.0 Å². The van der Waals surface area contributed by atoms with Gasteiger partial charge in [0.15, 0.2) is 0 Å². The molecule has 38 heavy (non-hydrogen) atoms. The van der Waals surface area contributed by atoms with Crippen LogP contribution >= 0.6 is 0 Å². The van der Waals surface area contributed by atoms with Crippen molar-refractivity contribution in [3.05, 3.63) is 83.1 Å². The number of pyridine rings is 1. The van der Waals surface area contributed by atoms with Gasteiger partial charge in [-0.3, -0.25) is 24.3 Å². The number of para-hydroxylation sites is 1. The fraction of sp³-hybridized carbons (Fsp3) is 0.276. The molecule has 3 aliphatic rings. The van der Waals surface area contributed by atoms with Gasteiger partial charge in [0.05, 0.1) is 40.5 Å². The van der Waals surface area contributed by atoms with Gasteiger partial charge in [0.2, 0.25) is 0 Å². The molecule has 1 atom stereocenters. The maximum Gasteiger partial charge on any atom is 0.329 e. The van der Waals surface area contributed by atoms with Gasteiger partial charge >= 0.3 is 5.97 Å². The third kappa shape index (κ3) is 3.65. The molecule has 0 bridgehead atoms. The lowest BCUT2D eigenvalue weighted by Gasteiger charge is -2.23. The summed E-state index contributed by atoms with van der Waals surface area (Å²) in [6, 6.07) is 9.06. The Hall–Kier alpha value is -4.53. The molecule has 1 unspecified atom stereocenters. The van der Waals surface area contributed by atoms with Crippen LogP contribution in [0.3, 0.4) is 0 Å². The number of ether oxygens (including phenoxy) is 1. The van der Waals surface area contributed by atoms with Crippen LogP contribution < -0.4 is 10.2 Å². The summed E-state index contributed by atoms with van der Waals surface area (Å²) in [5.41, 5.74) is 5.42. The maximum atomic E-state index is 13.3. The summed E-state index contributed by atoms with van der Waals surface area (Å²) in [5.74, 6) is -1.07. The smallest absolute Gasteiger partial charge is 0.329 e. The van der Waals surface area contributed by atoms with Gasteiger partial charge in [-0.15, -0.1) is 0 Å². The van der Waals surface area contributed by atoms with Crippen LogP contribution in [-0.4, -0.2) is 45.0 Å². The fourth-order valence-electron chi connectivity index (χ4n) is 5.30. The molecule has 0 saturated carbocycles. The van der Waals surface area contributed by atoms with Crippen molar-refractivity contribution in [1.82, 2.24) is 14.7 Å². The quantitative estimate of drug-likeness (QED) is 0.417. The minimum Gasteiger partial charge on any atom is -0.461 e. The number of carbonyl (C=O) groups excluding carboxylic acids is 3. The van der Waals surface area contributed by atoms with Crippen molar-refractivity contribution >= 4 is 40.4 Å². The van der Waals surface area contributed by atoms with E-state index in [2.05, 4.69) is 29.1 Å². The highest BCUT2D eigenvalue weighted by Crippen LogP contribution is 2.40. The molecule has 9 heteroatoms. The number of anilines is 1. The summed E-state index contributed by atoms with van der Waals surface area (Å²) in [6.45, 7) is 7.82. The van der Waals surface area contributed by atoms with Crippen molar-refractivity contribution < 1.29 is 19.1 Å². The zero-order valence-electron chi connectivity index (χ0n) is 21.6. The lowest BCUT2D eigenvalue weighted by molar-refractivity contribution is -0.148. The van der Waals surface area contributed by atoms with Crippen molar-refractivity contribution in [3.8, 4) is 0 Å². The topological polar surface area (TPSA) is 105 Å². The van der Waals surface area contributed by atoms with Gasteiger partial charge in [0.1, 0.15) is 11.7 Å². The molecule has 3 aliphatic heterocycles. The van der Waals surface area contributed by atoms with Crippen LogP contribution in [0.1, 0.15) is 56.0 Å². The standard InChI is InChI=1S/C29H27N5O4/c1-15(2)18-8-9-22-31-13-21(34(22)14-18)23-24(28(36)32-27(23)35)25-19-7-5-6-17-12-20(29(37)38-16(3)4)33(26(17)19)11-10-30-25/h5-11,13-16,20H,12H2,1-4H3,(H,32,35,36). The zero-order chi connectivity index (χ0) is 26.7. The van der Waals surface area contributed by atoms with Gasteiger partial charge in [-0.25, -0.2) is 9.78 Å². The molecule has 2 aromatic heterocycles. The third-order valence-corrected chi connectivity index (χ3v) is 7.06. The molecule has 0 spiro atoms. The number of esters is 1. The first-order valence-corrected chi connectivity index (χ1v) is 12.7. The second kappa shape index (κ2) is 8.79. The van der Waals surface area contributed by atoms with Crippen molar-refractivity contribution in [2.75, 3.05) is 4.90 Å². The van der Waals surface area contributed by atoms with Gasteiger partial charge < -0.3 is 9.64 Å². The van der Waals surface area contributed by atoms with E-state index in [1.807, 2.05) is 59.7 Å². The van der Waals surface area contributed by atoms with Crippen LogP contribution in [0.25, 0.3) is 11.2 Å². The predicted molar refractivity (Wildman–Crippen MR) is 143 cm³/mol. The number of hydrogen-bond donors (Lipinski definition) is 1. The summed E-state index contributed by atoms with van der Waals surface area (Å²) >= 11 is 0. The van der Waals surface area contributed by atoms with Crippen molar-refractivity contribution in [2.24, 2.45) is 4.99 Å². The number of rotatable bonds is 5. The summed E-state index contributed by atoms with van der Waals surface area (Å²) in [5, 5.41) is 2.46. The molecule has 1 aromatic carbocycles. The van der Waals surface area contributed by atoms with Gasteiger partial charge in [0, 0.05) is 30.6 Å². The number of amides is 2. The highest BCUT2D eigenvalue weighted by atomic mass is 16.5. The Kier molecular flexibility index (Phi) is 5.52. The minimum absolute atomic E-state index is 0.180.